The summed E-state index contributed by atoms with van der Waals surface area (Å²) >= 11 is 0. The quantitative estimate of drug-likeness (QED) is 0.701. The van der Waals surface area contributed by atoms with Gasteiger partial charge in [0.2, 0.25) is 0 Å². The average molecular weight is 349 g/mol. The third-order valence-electron chi connectivity index (χ3n) is 3.72. The average Bonchev–Trinajstić information content (AvgIpc) is 2.69. The Hall–Kier alpha value is -3.54. The highest BCUT2D eigenvalue weighted by atomic mass is 16.5. The highest BCUT2D eigenvalue weighted by Gasteiger charge is 2.09. The van der Waals surface area contributed by atoms with E-state index < -0.39 is 0 Å². The first-order valence-corrected chi connectivity index (χ1v) is 8.01. The number of nitrogens with one attached hydrogen (secondary N) is 2. The van der Waals surface area contributed by atoms with Crippen LogP contribution in [0.5, 0.6) is 11.5 Å². The molecule has 0 aliphatic carbocycles. The number of rotatable bonds is 6. The minimum absolute atomic E-state index is 0.259. The second kappa shape index (κ2) is 8.02. The number of pyridine rings is 1. The fourth-order valence-electron chi connectivity index (χ4n) is 2.38. The molecule has 3 rings (SSSR count). The van der Waals surface area contributed by atoms with Crippen LogP contribution in [0.4, 0.5) is 17.1 Å². The van der Waals surface area contributed by atoms with E-state index in [-0.39, 0.29) is 5.91 Å². The summed E-state index contributed by atoms with van der Waals surface area (Å²) in [4.78, 5) is 16.4. The molecule has 6 heteroatoms. The number of hydrogen-bond acceptors (Lipinski definition) is 5. The molecule has 0 radical (unpaired) electrons. The van der Waals surface area contributed by atoms with Crippen LogP contribution in [0, 0.1) is 0 Å². The molecule has 132 valence electrons. The van der Waals surface area contributed by atoms with Crippen LogP contribution >= 0.6 is 0 Å². The standard InChI is InChI=1S/C20H19N3O3/c1-25-16-9-11-17(19(12-16)26-2)22-15-8-10-18(21-13-15)20(24)23-14-6-4-3-5-7-14/h3-13,22H,1-2H3,(H,23,24). The number of benzene rings is 2. The van der Waals surface area contributed by atoms with E-state index in [1.807, 2.05) is 42.5 Å². The zero-order chi connectivity index (χ0) is 18.4. The van der Waals surface area contributed by atoms with Crippen LogP contribution in [-0.4, -0.2) is 25.1 Å². The molecule has 0 unspecified atom stereocenters. The van der Waals surface area contributed by atoms with Crippen molar-refractivity contribution in [2.24, 2.45) is 0 Å². The van der Waals surface area contributed by atoms with Crippen molar-refractivity contribution in [3.8, 4) is 11.5 Å². The third-order valence-corrected chi connectivity index (χ3v) is 3.72. The molecule has 1 heterocycles. The van der Waals surface area contributed by atoms with Crippen molar-refractivity contribution in [1.29, 1.82) is 0 Å². The molecule has 0 atom stereocenters. The summed E-state index contributed by atoms with van der Waals surface area (Å²) in [7, 11) is 3.19. The van der Waals surface area contributed by atoms with Gasteiger partial charge in [-0.3, -0.25) is 4.79 Å². The number of para-hydroxylation sites is 1. The minimum Gasteiger partial charge on any atom is -0.497 e. The first-order valence-electron chi connectivity index (χ1n) is 8.01. The molecule has 1 amide bonds. The fraction of sp³-hybridized carbons (Fsp3) is 0.100. The van der Waals surface area contributed by atoms with Crippen LogP contribution in [0.2, 0.25) is 0 Å². The predicted octanol–water partition coefficient (Wildman–Crippen LogP) is 4.09. The number of carbonyl (C=O) groups is 1. The Morgan fingerprint density at radius 2 is 1.73 bits per heavy atom. The molecule has 0 saturated heterocycles. The molecule has 6 nitrogen and oxygen atoms in total. The molecule has 0 saturated carbocycles. The van der Waals surface area contributed by atoms with Gasteiger partial charge in [-0.15, -0.1) is 0 Å². The molecular weight excluding hydrogens is 330 g/mol. The smallest absolute Gasteiger partial charge is 0.274 e. The van der Waals surface area contributed by atoms with Gasteiger partial charge in [0.1, 0.15) is 17.2 Å². The van der Waals surface area contributed by atoms with E-state index in [0.29, 0.717) is 17.2 Å². The summed E-state index contributed by atoms with van der Waals surface area (Å²) in [6.07, 6.45) is 1.60. The van der Waals surface area contributed by atoms with E-state index in [1.54, 1.807) is 38.6 Å². The van der Waals surface area contributed by atoms with E-state index in [9.17, 15) is 4.79 Å². The van der Waals surface area contributed by atoms with Crippen molar-refractivity contribution < 1.29 is 14.3 Å². The van der Waals surface area contributed by atoms with E-state index in [1.165, 1.54) is 0 Å². The first kappa shape index (κ1) is 17.3. The number of anilines is 3. The molecule has 0 spiro atoms. The Balaban J connectivity index is 1.71. The van der Waals surface area contributed by atoms with Gasteiger partial charge in [-0.2, -0.15) is 0 Å². The Labute approximate surface area is 151 Å². The summed E-state index contributed by atoms with van der Waals surface area (Å²) < 4.78 is 10.5. The molecule has 2 aromatic carbocycles. The van der Waals surface area contributed by atoms with E-state index in [2.05, 4.69) is 15.6 Å². The van der Waals surface area contributed by atoms with Crippen molar-refractivity contribution in [3.63, 3.8) is 0 Å². The number of methoxy groups -OCH3 is 2. The van der Waals surface area contributed by atoms with Gasteiger partial charge in [-0.1, -0.05) is 18.2 Å². The van der Waals surface area contributed by atoms with Crippen molar-refractivity contribution in [2.75, 3.05) is 24.9 Å². The lowest BCUT2D eigenvalue weighted by Crippen LogP contribution is -2.13. The highest BCUT2D eigenvalue weighted by Crippen LogP contribution is 2.31. The molecule has 0 fully saturated rings. The summed E-state index contributed by atoms with van der Waals surface area (Å²) in [5.74, 6) is 1.10. The molecule has 26 heavy (non-hydrogen) atoms. The topological polar surface area (TPSA) is 72.5 Å². The monoisotopic (exact) mass is 349 g/mol. The first-order chi connectivity index (χ1) is 12.7. The van der Waals surface area contributed by atoms with Gasteiger partial charge in [-0.05, 0) is 36.4 Å². The second-order valence-electron chi connectivity index (χ2n) is 5.44. The lowest BCUT2D eigenvalue weighted by Gasteiger charge is -2.12. The Morgan fingerprint density at radius 1 is 0.923 bits per heavy atom. The molecular formula is C20H19N3O3. The summed E-state index contributed by atoms with van der Waals surface area (Å²) in [5, 5.41) is 6.02. The van der Waals surface area contributed by atoms with Crippen molar-refractivity contribution in [2.45, 2.75) is 0 Å². The predicted molar refractivity (Wildman–Crippen MR) is 101 cm³/mol. The summed E-state index contributed by atoms with van der Waals surface area (Å²) in [6, 6.07) is 18.2. The van der Waals surface area contributed by atoms with Crippen LogP contribution in [0.1, 0.15) is 10.5 Å². The molecule has 0 bridgehead atoms. The van der Waals surface area contributed by atoms with Gasteiger partial charge in [0.15, 0.2) is 0 Å². The van der Waals surface area contributed by atoms with Crippen LogP contribution in [0.15, 0.2) is 66.9 Å². The molecule has 0 aliphatic rings. The largest absolute Gasteiger partial charge is 0.497 e. The number of carbonyl (C=O) groups excluding carboxylic acids is 1. The fourth-order valence-corrected chi connectivity index (χ4v) is 2.38. The van der Waals surface area contributed by atoms with Crippen molar-refractivity contribution in [3.05, 3.63) is 72.6 Å². The summed E-state index contributed by atoms with van der Waals surface area (Å²) in [5.41, 5.74) is 2.58. The van der Waals surface area contributed by atoms with E-state index >= 15 is 0 Å². The van der Waals surface area contributed by atoms with Gasteiger partial charge in [0, 0.05) is 11.8 Å². The minimum atomic E-state index is -0.259. The van der Waals surface area contributed by atoms with Crippen LogP contribution < -0.4 is 20.1 Å². The highest BCUT2D eigenvalue weighted by molar-refractivity contribution is 6.02. The zero-order valence-electron chi connectivity index (χ0n) is 14.5. The van der Waals surface area contributed by atoms with Crippen LogP contribution in [-0.2, 0) is 0 Å². The number of hydrogen-bond donors (Lipinski definition) is 2. The van der Waals surface area contributed by atoms with Crippen LogP contribution in [0.3, 0.4) is 0 Å². The molecule has 1 aromatic heterocycles. The molecule has 0 aliphatic heterocycles. The number of ether oxygens (including phenoxy) is 2. The lowest BCUT2D eigenvalue weighted by atomic mass is 10.2. The Bertz CT molecular complexity index is 881. The molecule has 2 N–H and O–H groups in total. The van der Waals surface area contributed by atoms with Gasteiger partial charge < -0.3 is 20.1 Å². The van der Waals surface area contributed by atoms with Crippen molar-refractivity contribution >= 4 is 23.0 Å². The second-order valence-corrected chi connectivity index (χ2v) is 5.44. The summed E-state index contributed by atoms with van der Waals surface area (Å²) in [6.45, 7) is 0. The third kappa shape index (κ3) is 4.10. The van der Waals surface area contributed by atoms with Gasteiger partial charge >= 0.3 is 0 Å². The van der Waals surface area contributed by atoms with E-state index in [4.69, 9.17) is 9.47 Å². The maximum Gasteiger partial charge on any atom is 0.274 e. The van der Waals surface area contributed by atoms with Gasteiger partial charge in [-0.25, -0.2) is 4.98 Å². The van der Waals surface area contributed by atoms with Gasteiger partial charge in [0.05, 0.1) is 31.8 Å². The van der Waals surface area contributed by atoms with Crippen LogP contribution in [0.25, 0.3) is 0 Å². The number of nitrogens with zero attached hydrogens (tertiary/aromatic N) is 1. The number of amides is 1. The Morgan fingerprint density at radius 3 is 2.38 bits per heavy atom. The maximum atomic E-state index is 12.2. The van der Waals surface area contributed by atoms with E-state index in [0.717, 1.165) is 17.1 Å². The Kier molecular flexibility index (Phi) is 5.34. The number of aromatic nitrogens is 1. The normalized spacial score (nSPS) is 10.1. The van der Waals surface area contributed by atoms with Gasteiger partial charge in [0.25, 0.3) is 5.91 Å². The molecule has 3 aromatic rings. The maximum absolute atomic E-state index is 12.2. The van der Waals surface area contributed by atoms with Crippen molar-refractivity contribution in [1.82, 2.24) is 4.98 Å². The SMILES string of the molecule is COc1ccc(Nc2ccc(C(=O)Nc3ccccc3)nc2)c(OC)c1. The lowest BCUT2D eigenvalue weighted by molar-refractivity contribution is 0.102. The zero-order valence-corrected chi connectivity index (χ0v) is 14.5.